The molecule has 0 bridgehead atoms. The predicted molar refractivity (Wildman–Crippen MR) is 156 cm³/mol. The number of carbonyl (C=O) groups excluding carboxylic acids is 3. The number of hydrogen-bond acceptors (Lipinski definition) is 9. The van der Waals surface area contributed by atoms with Crippen LogP contribution in [0.1, 0.15) is 47.1 Å². The fraction of sp³-hybridized carbons (Fsp3) is 0.630. The van der Waals surface area contributed by atoms with Gasteiger partial charge in [0.2, 0.25) is 0 Å². The fourth-order valence-electron chi connectivity index (χ4n) is 2.75. The molecule has 0 aliphatic carbocycles. The van der Waals surface area contributed by atoms with Crippen molar-refractivity contribution in [1.29, 1.82) is 0 Å². The van der Waals surface area contributed by atoms with Crippen LogP contribution >= 0.6 is 23.5 Å². The van der Waals surface area contributed by atoms with Gasteiger partial charge in [-0.3, -0.25) is 9.80 Å². The molecule has 2 amide bonds. The summed E-state index contributed by atoms with van der Waals surface area (Å²) in [7, 11) is 2.99. The zero-order valence-corrected chi connectivity index (χ0v) is 26.3. The summed E-state index contributed by atoms with van der Waals surface area (Å²) in [5.41, 5.74) is -0.319. The lowest BCUT2D eigenvalue weighted by Crippen LogP contribution is -2.46. The van der Waals surface area contributed by atoms with E-state index in [0.29, 0.717) is 11.5 Å². The Bertz CT molecular complexity index is 917. The second-order valence-corrected chi connectivity index (χ2v) is 12.4. The summed E-state index contributed by atoms with van der Waals surface area (Å²) in [5, 5.41) is 8.96. The van der Waals surface area contributed by atoms with Gasteiger partial charge in [-0.15, -0.1) is 0 Å². The standard InChI is InChI=1S/C17H25NO4S.C10H19NO4S/c1-17(2,3)22-16(20)18(4)14(12-23-5)15(19)21-11-13-9-7-6-8-10-13;1-10(2,3)15-9(14)11(4)7(6-16-5)8(12)13/h6-10,14H,11-12H2,1-5H3;7H,6H2,1-5H3,(H,12,13)/t14-;7-/m00/s1. The normalized spacial score (nSPS) is 12.7. The van der Waals surface area contributed by atoms with Crippen molar-refractivity contribution in [2.24, 2.45) is 0 Å². The number of aliphatic carboxylic acids is 1. The quantitative estimate of drug-likeness (QED) is 0.295. The average molecular weight is 589 g/mol. The van der Waals surface area contributed by atoms with Gasteiger partial charge in [-0.25, -0.2) is 19.2 Å². The number of esters is 1. The number of thioether (sulfide) groups is 2. The van der Waals surface area contributed by atoms with E-state index in [-0.39, 0.29) is 6.61 Å². The van der Waals surface area contributed by atoms with Gasteiger partial charge in [0.1, 0.15) is 29.9 Å². The maximum absolute atomic E-state index is 12.3. The third-order valence-corrected chi connectivity index (χ3v) is 6.03. The molecule has 0 spiro atoms. The highest BCUT2D eigenvalue weighted by molar-refractivity contribution is 7.98. The molecule has 0 unspecified atom stereocenters. The molecule has 2 atom stereocenters. The van der Waals surface area contributed by atoms with Crippen molar-refractivity contribution in [1.82, 2.24) is 9.80 Å². The monoisotopic (exact) mass is 588 g/mol. The molecule has 0 aromatic heterocycles. The second kappa shape index (κ2) is 17.2. The molecule has 0 heterocycles. The molecule has 39 heavy (non-hydrogen) atoms. The average Bonchev–Trinajstić information content (AvgIpc) is 2.82. The van der Waals surface area contributed by atoms with E-state index in [0.717, 1.165) is 10.5 Å². The van der Waals surface area contributed by atoms with Crippen LogP contribution in [0.25, 0.3) is 0 Å². The fourth-order valence-corrected chi connectivity index (χ4v) is 4.11. The van der Waals surface area contributed by atoms with Gasteiger partial charge in [-0.2, -0.15) is 23.5 Å². The van der Waals surface area contributed by atoms with Crippen molar-refractivity contribution in [3.8, 4) is 0 Å². The smallest absolute Gasteiger partial charge is 0.410 e. The van der Waals surface area contributed by atoms with E-state index in [1.54, 1.807) is 54.8 Å². The second-order valence-electron chi connectivity index (χ2n) is 10.6. The first-order valence-electron chi connectivity index (χ1n) is 12.3. The number of carboxylic acids is 1. The Morgan fingerprint density at radius 2 is 1.21 bits per heavy atom. The molecule has 1 aromatic carbocycles. The number of likely N-dealkylation sites (N-methyl/N-ethyl adjacent to an activating group) is 2. The zero-order chi connectivity index (χ0) is 30.4. The van der Waals surface area contributed by atoms with Gasteiger partial charge in [0.05, 0.1) is 0 Å². The number of hydrogen-bond donors (Lipinski definition) is 1. The van der Waals surface area contributed by atoms with Crippen LogP contribution in [-0.4, -0.2) is 100 Å². The number of carbonyl (C=O) groups is 4. The van der Waals surface area contributed by atoms with Crippen molar-refractivity contribution in [3.05, 3.63) is 35.9 Å². The number of carboxylic acid groups (broad SMARTS) is 1. The van der Waals surface area contributed by atoms with Crippen molar-refractivity contribution in [2.45, 2.75) is 71.4 Å². The summed E-state index contributed by atoms with van der Waals surface area (Å²) in [6.07, 6.45) is 2.52. The molecule has 0 aliphatic rings. The van der Waals surface area contributed by atoms with Gasteiger partial charge in [-0.05, 0) is 59.6 Å². The molecule has 0 radical (unpaired) electrons. The molecule has 12 heteroatoms. The van der Waals surface area contributed by atoms with E-state index in [9.17, 15) is 19.2 Å². The third-order valence-electron chi connectivity index (χ3n) is 4.73. The highest BCUT2D eigenvalue weighted by atomic mass is 32.2. The largest absolute Gasteiger partial charge is 0.480 e. The predicted octanol–water partition coefficient (Wildman–Crippen LogP) is 5.00. The molecule has 10 nitrogen and oxygen atoms in total. The molecule has 0 saturated carbocycles. The Balaban J connectivity index is 0.000000794. The molecule has 0 fully saturated rings. The van der Waals surface area contributed by atoms with Gasteiger partial charge >= 0.3 is 24.1 Å². The summed E-state index contributed by atoms with van der Waals surface area (Å²) >= 11 is 2.84. The summed E-state index contributed by atoms with van der Waals surface area (Å²) in [4.78, 5) is 49.4. The molecule has 1 N–H and O–H groups in total. The lowest BCUT2D eigenvalue weighted by molar-refractivity contribution is -0.149. The van der Waals surface area contributed by atoms with Crippen LogP contribution in [0.4, 0.5) is 9.59 Å². The minimum Gasteiger partial charge on any atom is -0.480 e. The number of amides is 2. The van der Waals surface area contributed by atoms with Crippen LogP contribution in [0.5, 0.6) is 0 Å². The molecule has 1 aromatic rings. The lowest BCUT2D eigenvalue weighted by Gasteiger charge is -2.29. The number of ether oxygens (including phenoxy) is 3. The van der Waals surface area contributed by atoms with E-state index in [1.165, 1.54) is 35.5 Å². The SMILES string of the molecule is CSC[C@@H](C(=O)O)N(C)C(=O)OC(C)(C)C.CSC[C@@H](C(=O)OCc1ccccc1)N(C)C(=O)OC(C)(C)C. The molecular weight excluding hydrogens is 544 g/mol. The van der Waals surface area contributed by atoms with E-state index in [2.05, 4.69) is 0 Å². The van der Waals surface area contributed by atoms with E-state index in [4.69, 9.17) is 19.3 Å². The first kappa shape index (κ1) is 36.4. The third kappa shape index (κ3) is 15.5. The number of benzene rings is 1. The number of rotatable bonds is 10. The summed E-state index contributed by atoms with van der Waals surface area (Å²) in [6, 6.07) is 7.90. The summed E-state index contributed by atoms with van der Waals surface area (Å²) < 4.78 is 15.7. The highest BCUT2D eigenvalue weighted by Crippen LogP contribution is 2.15. The Hall–Kier alpha value is -2.60. The lowest BCUT2D eigenvalue weighted by atomic mass is 10.2. The Kier molecular flexibility index (Phi) is 16.0. The molecule has 222 valence electrons. The van der Waals surface area contributed by atoms with Crippen LogP contribution < -0.4 is 0 Å². The van der Waals surface area contributed by atoms with E-state index < -0.39 is 47.4 Å². The van der Waals surface area contributed by atoms with Gasteiger partial charge in [-0.1, -0.05) is 30.3 Å². The van der Waals surface area contributed by atoms with Gasteiger partial charge in [0.15, 0.2) is 0 Å². The van der Waals surface area contributed by atoms with Gasteiger partial charge in [0.25, 0.3) is 0 Å². The van der Waals surface area contributed by atoms with E-state index in [1.807, 2.05) is 36.6 Å². The first-order valence-corrected chi connectivity index (χ1v) is 15.0. The van der Waals surface area contributed by atoms with Crippen LogP contribution in [0, 0.1) is 0 Å². The first-order chi connectivity index (χ1) is 17.9. The van der Waals surface area contributed by atoms with Gasteiger partial charge in [0, 0.05) is 25.6 Å². The van der Waals surface area contributed by atoms with Gasteiger partial charge < -0.3 is 19.3 Å². The summed E-state index contributed by atoms with van der Waals surface area (Å²) in [5.74, 6) is -0.673. The Morgan fingerprint density at radius 3 is 1.59 bits per heavy atom. The van der Waals surface area contributed by atoms with Crippen molar-refractivity contribution in [2.75, 3.05) is 38.1 Å². The van der Waals surface area contributed by atoms with E-state index >= 15 is 0 Å². The Labute approximate surface area is 241 Å². The van der Waals surface area contributed by atoms with Crippen LogP contribution in [0.2, 0.25) is 0 Å². The molecular formula is C27H44N2O8S2. The highest BCUT2D eigenvalue weighted by Gasteiger charge is 2.31. The minimum absolute atomic E-state index is 0.187. The van der Waals surface area contributed by atoms with Crippen LogP contribution in [0.3, 0.4) is 0 Å². The van der Waals surface area contributed by atoms with Crippen LogP contribution in [0.15, 0.2) is 30.3 Å². The Morgan fingerprint density at radius 1 is 0.795 bits per heavy atom. The molecule has 0 aliphatic heterocycles. The van der Waals surface area contributed by atoms with Crippen molar-refractivity contribution >= 4 is 47.6 Å². The van der Waals surface area contributed by atoms with Crippen molar-refractivity contribution in [3.63, 3.8) is 0 Å². The number of nitrogens with zero attached hydrogens (tertiary/aromatic N) is 2. The zero-order valence-electron chi connectivity index (χ0n) is 24.7. The van der Waals surface area contributed by atoms with Crippen LogP contribution in [-0.2, 0) is 30.4 Å². The maximum atomic E-state index is 12.3. The molecule has 0 saturated heterocycles. The topological polar surface area (TPSA) is 123 Å². The molecule has 1 rings (SSSR count). The summed E-state index contributed by atoms with van der Waals surface area (Å²) in [6.45, 7) is 10.8. The minimum atomic E-state index is -1.03. The van der Waals surface area contributed by atoms with Crippen molar-refractivity contribution < 1.29 is 38.5 Å². The maximum Gasteiger partial charge on any atom is 0.410 e.